The van der Waals surface area contributed by atoms with Gasteiger partial charge in [0.25, 0.3) is 0 Å². The predicted molar refractivity (Wildman–Crippen MR) is 107 cm³/mol. The number of aliphatic hydroxyl groups is 1. The maximum atomic E-state index is 12.6. The highest BCUT2D eigenvalue weighted by Gasteiger charge is 2.58. The molecule has 31 heavy (non-hydrogen) atoms. The van der Waals surface area contributed by atoms with E-state index < -0.39 is 48.4 Å². The van der Waals surface area contributed by atoms with Gasteiger partial charge in [-0.3, -0.25) is 0 Å². The molecule has 2 heterocycles. The minimum absolute atomic E-state index is 0.347. The van der Waals surface area contributed by atoms with Crippen molar-refractivity contribution in [3.63, 3.8) is 0 Å². The maximum absolute atomic E-state index is 12.6. The van der Waals surface area contributed by atoms with E-state index in [1.165, 1.54) is 0 Å². The average molecular weight is 428 g/mol. The molecule has 2 aromatic rings. The van der Waals surface area contributed by atoms with Crippen molar-refractivity contribution in [1.82, 2.24) is 0 Å². The van der Waals surface area contributed by atoms with Crippen LogP contribution in [0.15, 0.2) is 60.7 Å². The number of hydrogen-bond donors (Lipinski definition) is 1. The van der Waals surface area contributed by atoms with Crippen molar-refractivity contribution in [2.45, 2.75) is 50.3 Å². The third-order valence-corrected chi connectivity index (χ3v) is 5.05. The Kier molecular flexibility index (Phi) is 6.06. The molecule has 0 aliphatic carbocycles. The van der Waals surface area contributed by atoms with Crippen LogP contribution in [0.25, 0.3) is 0 Å². The molecule has 8 heteroatoms. The Morgan fingerprint density at radius 2 is 1.55 bits per heavy atom. The molecule has 0 unspecified atom stereocenters. The summed E-state index contributed by atoms with van der Waals surface area (Å²) in [6.45, 7) is 3.09. The summed E-state index contributed by atoms with van der Waals surface area (Å²) in [5.41, 5.74) is 0.715. The average Bonchev–Trinajstić information content (AvgIpc) is 3.25. The largest absolute Gasteiger partial charge is 0.459 e. The fraction of sp³-hybridized carbons (Fsp3) is 0.391. The molecule has 0 bridgehead atoms. The smallest absolute Gasteiger partial charge is 0.338 e. The van der Waals surface area contributed by atoms with E-state index in [1.807, 2.05) is 0 Å². The van der Waals surface area contributed by atoms with Crippen molar-refractivity contribution in [2.75, 3.05) is 6.61 Å². The minimum Gasteiger partial charge on any atom is -0.459 e. The van der Waals surface area contributed by atoms with Crippen LogP contribution >= 0.6 is 0 Å². The Balaban J connectivity index is 1.45. The molecule has 2 aromatic carbocycles. The molecule has 0 spiro atoms. The van der Waals surface area contributed by atoms with Gasteiger partial charge in [-0.25, -0.2) is 9.59 Å². The molecular formula is C23H24O8. The Hall–Kier alpha value is -2.78. The van der Waals surface area contributed by atoms with Crippen molar-refractivity contribution in [1.29, 1.82) is 0 Å². The molecule has 4 rings (SSSR count). The molecule has 8 nitrogen and oxygen atoms in total. The molecule has 0 amide bonds. The summed E-state index contributed by atoms with van der Waals surface area (Å²) >= 11 is 0. The number of hydrogen-bond acceptors (Lipinski definition) is 8. The zero-order valence-corrected chi connectivity index (χ0v) is 17.2. The van der Waals surface area contributed by atoms with Crippen molar-refractivity contribution in [2.24, 2.45) is 0 Å². The van der Waals surface area contributed by atoms with Crippen LogP contribution in [-0.2, 0) is 23.7 Å². The van der Waals surface area contributed by atoms with Crippen LogP contribution in [0.5, 0.6) is 0 Å². The first-order valence-corrected chi connectivity index (χ1v) is 10.0. The van der Waals surface area contributed by atoms with Gasteiger partial charge in [-0.05, 0) is 38.1 Å². The minimum atomic E-state index is -1.26. The second-order valence-electron chi connectivity index (χ2n) is 7.84. The zero-order valence-electron chi connectivity index (χ0n) is 17.2. The molecule has 2 fully saturated rings. The fourth-order valence-electron chi connectivity index (χ4n) is 3.63. The molecule has 2 aliphatic rings. The molecular weight excluding hydrogens is 404 g/mol. The van der Waals surface area contributed by atoms with Crippen molar-refractivity contribution in [3.05, 3.63) is 71.8 Å². The Morgan fingerprint density at radius 1 is 0.968 bits per heavy atom. The van der Waals surface area contributed by atoms with Gasteiger partial charge in [0.15, 0.2) is 24.3 Å². The lowest BCUT2D eigenvalue weighted by molar-refractivity contribution is -0.227. The summed E-state index contributed by atoms with van der Waals surface area (Å²) in [5, 5.41) is 10.7. The van der Waals surface area contributed by atoms with E-state index in [4.69, 9.17) is 23.7 Å². The second-order valence-corrected chi connectivity index (χ2v) is 7.84. The molecule has 1 N–H and O–H groups in total. The van der Waals surface area contributed by atoms with Gasteiger partial charge < -0.3 is 28.8 Å². The van der Waals surface area contributed by atoms with Crippen LogP contribution in [0.2, 0.25) is 0 Å². The van der Waals surface area contributed by atoms with Gasteiger partial charge in [0.2, 0.25) is 0 Å². The predicted octanol–water partition coefficient (Wildman–Crippen LogP) is 2.31. The third kappa shape index (κ3) is 4.77. The van der Waals surface area contributed by atoms with Crippen molar-refractivity contribution in [3.8, 4) is 0 Å². The van der Waals surface area contributed by atoms with Crippen molar-refractivity contribution < 1.29 is 38.4 Å². The van der Waals surface area contributed by atoms with E-state index in [2.05, 4.69) is 0 Å². The Bertz CT molecular complexity index is 914. The van der Waals surface area contributed by atoms with Gasteiger partial charge in [0.1, 0.15) is 18.8 Å². The Morgan fingerprint density at radius 3 is 2.16 bits per heavy atom. The summed E-state index contributed by atoms with van der Waals surface area (Å²) in [4.78, 5) is 24.8. The Labute approximate surface area is 179 Å². The van der Waals surface area contributed by atoms with Crippen LogP contribution in [0, 0.1) is 0 Å². The van der Waals surface area contributed by atoms with E-state index >= 15 is 0 Å². The van der Waals surface area contributed by atoms with Gasteiger partial charge in [0, 0.05) is 0 Å². The number of aliphatic hydroxyl groups excluding tert-OH is 1. The number of rotatable bonds is 6. The number of fused-ring (bicyclic) bond motifs is 1. The first kappa shape index (κ1) is 21.5. The molecule has 2 aliphatic heterocycles. The monoisotopic (exact) mass is 428 g/mol. The number of ether oxygens (including phenoxy) is 5. The normalized spacial score (nSPS) is 27.3. The highest BCUT2D eigenvalue weighted by atomic mass is 16.8. The summed E-state index contributed by atoms with van der Waals surface area (Å²) in [7, 11) is 0. The van der Waals surface area contributed by atoms with Crippen LogP contribution < -0.4 is 0 Å². The number of carbonyl (C=O) groups excluding carboxylic acids is 2. The third-order valence-electron chi connectivity index (χ3n) is 5.05. The second kappa shape index (κ2) is 8.76. The SMILES string of the molecule is CC1(C)O[C@H]2O[C@@H]([C@H](O)COC(=O)c3ccccc3)[C@H](OC(=O)c3ccccc3)[C@H]2O1. The standard InChI is InChI=1S/C23H24O8/c1-23(2)30-19-18(28-21(26)15-11-7-4-8-12-15)17(29-22(19)31-23)16(24)13-27-20(25)14-9-5-3-6-10-14/h3-12,16-19,22,24H,13H2,1-2H3/t16-,17+,18+,19-,22-/m1/s1. The van der Waals surface area contributed by atoms with Crippen LogP contribution in [0.1, 0.15) is 34.6 Å². The maximum Gasteiger partial charge on any atom is 0.338 e. The number of carbonyl (C=O) groups is 2. The first-order valence-electron chi connectivity index (χ1n) is 10.0. The van der Waals surface area contributed by atoms with E-state index in [0.29, 0.717) is 11.1 Å². The summed E-state index contributed by atoms with van der Waals surface area (Å²) < 4.78 is 28.2. The van der Waals surface area contributed by atoms with E-state index in [9.17, 15) is 14.7 Å². The molecule has 0 aromatic heterocycles. The van der Waals surface area contributed by atoms with Gasteiger partial charge in [-0.1, -0.05) is 36.4 Å². The number of benzene rings is 2. The van der Waals surface area contributed by atoms with Gasteiger partial charge in [-0.15, -0.1) is 0 Å². The lowest BCUT2D eigenvalue weighted by Gasteiger charge is -2.28. The number of esters is 2. The van der Waals surface area contributed by atoms with Crippen LogP contribution in [0.3, 0.4) is 0 Å². The summed E-state index contributed by atoms with van der Waals surface area (Å²) in [6.07, 6.45) is -4.77. The molecule has 0 radical (unpaired) electrons. The molecule has 5 atom stereocenters. The lowest BCUT2D eigenvalue weighted by atomic mass is 10.1. The van der Waals surface area contributed by atoms with E-state index in [-0.39, 0.29) is 6.61 Å². The highest BCUT2D eigenvalue weighted by Crippen LogP contribution is 2.40. The quantitative estimate of drug-likeness (QED) is 0.700. The van der Waals surface area contributed by atoms with Gasteiger partial charge in [0.05, 0.1) is 11.1 Å². The molecule has 2 saturated heterocycles. The molecule has 0 saturated carbocycles. The van der Waals surface area contributed by atoms with Crippen LogP contribution in [-0.4, -0.2) is 60.1 Å². The van der Waals surface area contributed by atoms with Gasteiger partial charge in [-0.2, -0.15) is 0 Å². The molecule has 164 valence electrons. The van der Waals surface area contributed by atoms with E-state index in [1.54, 1.807) is 74.5 Å². The highest BCUT2D eigenvalue weighted by molar-refractivity contribution is 5.89. The van der Waals surface area contributed by atoms with Gasteiger partial charge >= 0.3 is 11.9 Å². The lowest BCUT2D eigenvalue weighted by Crippen LogP contribution is -2.45. The first-order chi connectivity index (χ1) is 14.8. The summed E-state index contributed by atoms with van der Waals surface area (Å²) in [6, 6.07) is 16.9. The fourth-order valence-corrected chi connectivity index (χ4v) is 3.63. The van der Waals surface area contributed by atoms with Crippen molar-refractivity contribution >= 4 is 11.9 Å². The van der Waals surface area contributed by atoms with E-state index in [0.717, 1.165) is 0 Å². The summed E-state index contributed by atoms with van der Waals surface area (Å²) in [5.74, 6) is -2.09. The topological polar surface area (TPSA) is 101 Å². The van der Waals surface area contributed by atoms with Crippen LogP contribution in [0.4, 0.5) is 0 Å². The zero-order chi connectivity index (χ0) is 22.0.